The molecular formula is C25H26F3N7. The number of nitrogens with zero attached hydrogens (tertiary/aromatic N) is 6. The van der Waals surface area contributed by atoms with Crippen molar-refractivity contribution < 1.29 is 13.2 Å². The Morgan fingerprint density at radius 2 is 1.71 bits per heavy atom. The topological polar surface area (TPSA) is 83.1 Å². The van der Waals surface area contributed by atoms with E-state index in [1.54, 1.807) is 40.1 Å². The summed E-state index contributed by atoms with van der Waals surface area (Å²) in [5.74, 6) is -0.205. The molecule has 3 aromatic rings. The van der Waals surface area contributed by atoms with E-state index in [0.29, 0.717) is 11.2 Å². The number of benzene rings is 2. The quantitative estimate of drug-likeness (QED) is 0.245. The second kappa shape index (κ2) is 9.41. The number of aromatic nitrogens is 2. The van der Waals surface area contributed by atoms with E-state index < -0.39 is 11.9 Å². The summed E-state index contributed by atoms with van der Waals surface area (Å²) in [7, 11) is 0. The molecule has 7 nitrogen and oxygen atoms in total. The van der Waals surface area contributed by atoms with Crippen LogP contribution >= 0.6 is 0 Å². The van der Waals surface area contributed by atoms with Gasteiger partial charge in [0, 0.05) is 19.6 Å². The molecule has 182 valence electrons. The van der Waals surface area contributed by atoms with Gasteiger partial charge in [-0.15, -0.1) is 0 Å². The number of anilines is 2. The van der Waals surface area contributed by atoms with Crippen LogP contribution in [0, 0.1) is 29.7 Å². The van der Waals surface area contributed by atoms with Crippen LogP contribution in [0.5, 0.6) is 0 Å². The van der Waals surface area contributed by atoms with Gasteiger partial charge < -0.3 is 9.80 Å². The van der Waals surface area contributed by atoms with Crippen molar-refractivity contribution in [2.24, 2.45) is 5.92 Å². The second-order valence-electron chi connectivity index (χ2n) is 8.88. The van der Waals surface area contributed by atoms with Gasteiger partial charge in [0.1, 0.15) is 0 Å². The summed E-state index contributed by atoms with van der Waals surface area (Å²) in [5.41, 5.74) is 1.01. The van der Waals surface area contributed by atoms with Gasteiger partial charge in [0.2, 0.25) is 5.96 Å². The normalized spacial score (nSPS) is 16.5. The van der Waals surface area contributed by atoms with Crippen LogP contribution in [-0.4, -0.2) is 46.5 Å². The molecule has 0 amide bonds. The number of aryl methyl sites for hydroxylation is 1. The van der Waals surface area contributed by atoms with Crippen LogP contribution in [0.1, 0.15) is 25.1 Å². The Morgan fingerprint density at radius 1 is 1.09 bits per heavy atom. The van der Waals surface area contributed by atoms with Crippen LogP contribution < -0.4 is 9.80 Å². The van der Waals surface area contributed by atoms with Crippen LogP contribution in [0.15, 0.2) is 48.5 Å². The van der Waals surface area contributed by atoms with Crippen molar-refractivity contribution in [1.82, 2.24) is 14.9 Å². The van der Waals surface area contributed by atoms with Gasteiger partial charge in [0.25, 0.3) is 0 Å². The van der Waals surface area contributed by atoms with E-state index >= 15 is 0 Å². The number of nitrogens with one attached hydrogen (secondary N) is 1. The van der Waals surface area contributed by atoms with Crippen LogP contribution in [0.25, 0.3) is 11.0 Å². The van der Waals surface area contributed by atoms with Gasteiger partial charge in [-0.2, -0.15) is 18.4 Å². The standard InChI is InChI=1S/C25H26F3N7/c1-16(2)21-14-33(23-22(25(26,27)28)31-18-9-5-6-10-19(18)32-23)12-13-34(21)24(30)35(15-29)20-11-7-4-8-17(20)3/h4-11,16,21,30H,12-14H2,1-3H3. The zero-order valence-corrected chi connectivity index (χ0v) is 19.7. The van der Waals surface area contributed by atoms with Gasteiger partial charge in [-0.3, -0.25) is 5.41 Å². The molecule has 35 heavy (non-hydrogen) atoms. The minimum Gasteiger partial charge on any atom is -0.351 e. The summed E-state index contributed by atoms with van der Waals surface area (Å²) < 4.78 is 41.9. The van der Waals surface area contributed by atoms with Gasteiger partial charge in [0.05, 0.1) is 22.8 Å². The maximum Gasteiger partial charge on any atom is 0.437 e. The zero-order chi connectivity index (χ0) is 25.3. The Bertz CT molecular complexity index is 1280. The monoisotopic (exact) mass is 481 g/mol. The van der Waals surface area contributed by atoms with E-state index in [9.17, 15) is 18.4 Å². The Balaban J connectivity index is 1.68. The molecule has 1 fully saturated rings. The summed E-state index contributed by atoms with van der Waals surface area (Å²) in [6.45, 7) is 6.45. The van der Waals surface area contributed by atoms with Gasteiger partial charge in [0.15, 0.2) is 17.7 Å². The number of hydrogen-bond donors (Lipinski definition) is 1. The zero-order valence-electron chi connectivity index (χ0n) is 19.7. The van der Waals surface area contributed by atoms with Gasteiger partial charge in [-0.05, 0) is 36.6 Å². The molecule has 0 radical (unpaired) electrons. The van der Waals surface area contributed by atoms with Crippen molar-refractivity contribution >= 4 is 28.5 Å². The summed E-state index contributed by atoms with van der Waals surface area (Å²) >= 11 is 0. The summed E-state index contributed by atoms with van der Waals surface area (Å²) in [6, 6.07) is 13.5. The molecule has 2 aromatic carbocycles. The van der Waals surface area contributed by atoms with E-state index in [1.165, 1.54) is 11.0 Å². The molecule has 0 bridgehead atoms. The predicted molar refractivity (Wildman–Crippen MR) is 129 cm³/mol. The Kier molecular flexibility index (Phi) is 6.52. The first kappa shape index (κ1) is 24.3. The molecule has 0 saturated carbocycles. The van der Waals surface area contributed by atoms with E-state index in [-0.39, 0.29) is 48.9 Å². The Labute approximate surface area is 201 Å². The number of guanidine groups is 1. The maximum absolute atomic E-state index is 14.0. The van der Waals surface area contributed by atoms with Crippen molar-refractivity contribution in [3.05, 3.63) is 59.8 Å². The Hall–Kier alpha value is -3.87. The summed E-state index contributed by atoms with van der Waals surface area (Å²) in [5, 5.41) is 18.7. The molecule has 4 rings (SSSR count). The van der Waals surface area contributed by atoms with Crippen molar-refractivity contribution in [1.29, 1.82) is 10.7 Å². The SMILES string of the molecule is Cc1ccccc1N(C#N)C(=N)N1CCN(c2nc3ccccc3nc2C(F)(F)F)CC1C(C)C. The number of rotatable bonds is 3. The Morgan fingerprint density at radius 3 is 2.31 bits per heavy atom. The van der Waals surface area contributed by atoms with Gasteiger partial charge in [-0.1, -0.05) is 44.2 Å². The lowest BCUT2D eigenvalue weighted by Gasteiger charge is -2.46. The molecule has 1 aliphatic heterocycles. The molecule has 0 aliphatic carbocycles. The van der Waals surface area contributed by atoms with Crippen molar-refractivity contribution in [3.8, 4) is 6.19 Å². The fourth-order valence-electron chi connectivity index (χ4n) is 4.40. The highest BCUT2D eigenvalue weighted by atomic mass is 19.4. The first-order valence-corrected chi connectivity index (χ1v) is 11.3. The lowest BCUT2D eigenvalue weighted by molar-refractivity contribution is -0.140. The first-order valence-electron chi connectivity index (χ1n) is 11.3. The minimum atomic E-state index is -4.66. The highest BCUT2D eigenvalue weighted by Crippen LogP contribution is 2.36. The fourth-order valence-corrected chi connectivity index (χ4v) is 4.40. The maximum atomic E-state index is 14.0. The van der Waals surface area contributed by atoms with Crippen LogP contribution in [0.3, 0.4) is 0 Å². The number of fused-ring (bicyclic) bond motifs is 1. The molecule has 1 aliphatic rings. The molecular weight excluding hydrogens is 455 g/mol. The average Bonchev–Trinajstić information content (AvgIpc) is 2.83. The molecule has 1 unspecified atom stereocenters. The number of nitriles is 1. The van der Waals surface area contributed by atoms with Crippen molar-refractivity contribution in [2.45, 2.75) is 33.0 Å². The molecule has 1 aromatic heterocycles. The minimum absolute atomic E-state index is 0.000732. The van der Waals surface area contributed by atoms with Crippen LogP contribution in [-0.2, 0) is 6.18 Å². The third-order valence-corrected chi connectivity index (χ3v) is 6.25. The number of hydrogen-bond acceptors (Lipinski definition) is 5. The summed E-state index contributed by atoms with van der Waals surface area (Å²) in [4.78, 5) is 12.9. The third-order valence-electron chi connectivity index (χ3n) is 6.25. The van der Waals surface area contributed by atoms with E-state index in [0.717, 1.165) is 5.56 Å². The predicted octanol–water partition coefficient (Wildman–Crippen LogP) is 5.03. The van der Waals surface area contributed by atoms with Gasteiger partial charge >= 0.3 is 6.18 Å². The van der Waals surface area contributed by atoms with Crippen LogP contribution in [0.2, 0.25) is 0 Å². The fraction of sp³-hybridized carbons (Fsp3) is 0.360. The van der Waals surface area contributed by atoms with Crippen molar-refractivity contribution in [3.63, 3.8) is 0 Å². The largest absolute Gasteiger partial charge is 0.437 e. The second-order valence-corrected chi connectivity index (χ2v) is 8.88. The van der Waals surface area contributed by atoms with E-state index in [4.69, 9.17) is 5.41 Å². The molecule has 10 heteroatoms. The lowest BCUT2D eigenvalue weighted by atomic mass is 9.99. The third kappa shape index (κ3) is 4.71. The number of alkyl halides is 3. The first-order chi connectivity index (χ1) is 16.6. The molecule has 0 spiro atoms. The molecule has 1 saturated heterocycles. The highest BCUT2D eigenvalue weighted by molar-refractivity contribution is 5.97. The molecule has 2 heterocycles. The summed E-state index contributed by atoms with van der Waals surface area (Å²) in [6.07, 6.45) is -2.57. The van der Waals surface area contributed by atoms with E-state index in [1.807, 2.05) is 32.9 Å². The number of halogens is 3. The highest BCUT2D eigenvalue weighted by Gasteiger charge is 2.41. The number of piperazine rings is 1. The average molecular weight is 482 g/mol. The van der Waals surface area contributed by atoms with E-state index in [2.05, 4.69) is 16.2 Å². The van der Waals surface area contributed by atoms with Gasteiger partial charge in [-0.25, -0.2) is 14.9 Å². The van der Waals surface area contributed by atoms with Crippen molar-refractivity contribution in [2.75, 3.05) is 29.4 Å². The molecule has 1 atom stereocenters. The lowest BCUT2D eigenvalue weighted by Crippen LogP contribution is -2.60. The van der Waals surface area contributed by atoms with Crippen LogP contribution in [0.4, 0.5) is 24.7 Å². The smallest absolute Gasteiger partial charge is 0.351 e. The molecule has 1 N–H and O–H groups in total. The number of para-hydroxylation sites is 3.